The molecule has 0 unspecified atom stereocenters. The van der Waals surface area contributed by atoms with Crippen LogP contribution in [0.3, 0.4) is 0 Å². The van der Waals surface area contributed by atoms with Crippen molar-refractivity contribution in [3.63, 3.8) is 0 Å². The fourth-order valence-electron chi connectivity index (χ4n) is 4.25. The zero-order valence-corrected chi connectivity index (χ0v) is 16.2. The Morgan fingerprint density at radius 1 is 1.07 bits per heavy atom. The van der Waals surface area contributed by atoms with Crippen molar-refractivity contribution in [2.24, 2.45) is 0 Å². The second-order valence-corrected chi connectivity index (χ2v) is 7.81. The van der Waals surface area contributed by atoms with Gasteiger partial charge in [0, 0.05) is 25.4 Å². The number of H-pyrrole nitrogens is 1. The first kappa shape index (κ1) is 19.1. The normalized spacial score (nSPS) is 19.7. The maximum Gasteiger partial charge on any atom is 0.332 e. The van der Waals surface area contributed by atoms with Crippen molar-refractivity contribution < 1.29 is 4.74 Å². The van der Waals surface area contributed by atoms with E-state index in [1.165, 1.54) is 22.4 Å². The molecule has 1 aromatic carbocycles. The third-order valence-corrected chi connectivity index (χ3v) is 5.82. The highest BCUT2D eigenvalue weighted by atomic mass is 16.5. The van der Waals surface area contributed by atoms with Gasteiger partial charge in [0.15, 0.2) is 0 Å². The highest BCUT2D eigenvalue weighted by Crippen LogP contribution is 2.27. The van der Waals surface area contributed by atoms with E-state index in [0.29, 0.717) is 0 Å². The van der Waals surface area contributed by atoms with Gasteiger partial charge in [0.1, 0.15) is 0 Å². The first-order chi connectivity index (χ1) is 13.6. The summed E-state index contributed by atoms with van der Waals surface area (Å²) in [7, 11) is 0. The number of hydrogen-bond donors (Lipinski definition) is 2. The SMILES string of the molecule is O=c1ccn(-c2ccc(CCCN3CCOC4(CCNCC4)C3)cc2)c(=O)[nH]1. The third kappa shape index (κ3) is 4.43. The number of aryl methyl sites for hydroxylation is 1. The summed E-state index contributed by atoms with van der Waals surface area (Å²) in [6.07, 6.45) is 5.83. The molecule has 0 saturated carbocycles. The van der Waals surface area contributed by atoms with Crippen LogP contribution in [0.2, 0.25) is 0 Å². The van der Waals surface area contributed by atoms with Gasteiger partial charge in [-0.25, -0.2) is 4.79 Å². The number of ether oxygens (including phenoxy) is 1. The molecular weight excluding hydrogens is 356 g/mol. The first-order valence-electron chi connectivity index (χ1n) is 10.1. The number of hydrogen-bond acceptors (Lipinski definition) is 5. The van der Waals surface area contributed by atoms with Crippen molar-refractivity contribution in [2.45, 2.75) is 31.3 Å². The Kier molecular flexibility index (Phi) is 5.75. The number of benzene rings is 1. The summed E-state index contributed by atoms with van der Waals surface area (Å²) in [4.78, 5) is 27.9. The smallest absolute Gasteiger partial charge is 0.332 e. The van der Waals surface area contributed by atoms with Gasteiger partial charge in [0.25, 0.3) is 5.56 Å². The van der Waals surface area contributed by atoms with Crippen molar-refractivity contribution in [3.8, 4) is 5.69 Å². The molecule has 150 valence electrons. The lowest BCUT2D eigenvalue weighted by molar-refractivity contribution is -0.123. The minimum Gasteiger partial charge on any atom is -0.372 e. The summed E-state index contributed by atoms with van der Waals surface area (Å²) in [5.74, 6) is 0. The molecule has 2 fully saturated rings. The summed E-state index contributed by atoms with van der Waals surface area (Å²) < 4.78 is 7.58. The van der Waals surface area contributed by atoms with Crippen molar-refractivity contribution in [1.29, 1.82) is 0 Å². The minimum absolute atomic E-state index is 0.0645. The fraction of sp³-hybridized carbons (Fsp3) is 0.524. The lowest BCUT2D eigenvalue weighted by atomic mass is 9.90. The molecule has 0 atom stereocenters. The molecule has 7 nitrogen and oxygen atoms in total. The second-order valence-electron chi connectivity index (χ2n) is 7.81. The summed E-state index contributed by atoms with van der Waals surface area (Å²) >= 11 is 0. The predicted molar refractivity (Wildman–Crippen MR) is 108 cm³/mol. The molecule has 2 aliphatic rings. The Bertz CT molecular complexity index is 891. The van der Waals surface area contributed by atoms with Crippen LogP contribution in [-0.4, -0.2) is 59.4 Å². The number of morpholine rings is 1. The van der Waals surface area contributed by atoms with Gasteiger partial charge < -0.3 is 10.1 Å². The molecule has 2 saturated heterocycles. The van der Waals surface area contributed by atoms with Crippen molar-refractivity contribution in [2.75, 3.05) is 39.3 Å². The van der Waals surface area contributed by atoms with Crippen LogP contribution in [0.25, 0.3) is 5.69 Å². The second kappa shape index (κ2) is 8.43. The Balaban J connectivity index is 1.30. The van der Waals surface area contributed by atoms with E-state index in [0.717, 1.165) is 70.7 Å². The molecule has 0 aliphatic carbocycles. The van der Waals surface area contributed by atoms with E-state index in [4.69, 9.17) is 4.74 Å². The van der Waals surface area contributed by atoms with Crippen LogP contribution < -0.4 is 16.6 Å². The van der Waals surface area contributed by atoms with E-state index >= 15 is 0 Å². The third-order valence-electron chi connectivity index (χ3n) is 5.82. The van der Waals surface area contributed by atoms with Gasteiger partial charge in [-0.05, 0) is 63.0 Å². The fourth-order valence-corrected chi connectivity index (χ4v) is 4.25. The molecule has 2 aliphatic heterocycles. The van der Waals surface area contributed by atoms with Crippen LogP contribution in [0.5, 0.6) is 0 Å². The topological polar surface area (TPSA) is 79.4 Å². The molecule has 0 bridgehead atoms. The summed E-state index contributed by atoms with van der Waals surface area (Å²) in [6.45, 7) is 6.09. The number of aromatic nitrogens is 2. The highest BCUT2D eigenvalue weighted by Gasteiger charge is 2.37. The Hall–Kier alpha value is -2.22. The molecule has 3 heterocycles. The number of rotatable bonds is 5. The van der Waals surface area contributed by atoms with E-state index in [1.807, 2.05) is 12.1 Å². The van der Waals surface area contributed by atoms with Gasteiger partial charge >= 0.3 is 5.69 Å². The van der Waals surface area contributed by atoms with Crippen molar-refractivity contribution in [3.05, 3.63) is 62.9 Å². The number of aromatic amines is 1. The molecule has 0 amide bonds. The van der Waals surface area contributed by atoms with Gasteiger partial charge in [0.05, 0.1) is 17.9 Å². The van der Waals surface area contributed by atoms with E-state index < -0.39 is 5.69 Å². The standard InChI is InChI=1S/C21H28N4O3/c26-19-7-13-25(20(27)23-19)18-5-3-17(4-6-18)2-1-12-24-14-15-28-21(16-24)8-10-22-11-9-21/h3-7,13,22H,1-2,8-12,14-16H2,(H,23,26,27). The van der Waals surface area contributed by atoms with E-state index in [1.54, 1.807) is 0 Å². The zero-order chi connectivity index (χ0) is 19.4. The predicted octanol–water partition coefficient (Wildman–Crippen LogP) is 0.913. The maximum atomic E-state index is 11.9. The summed E-state index contributed by atoms with van der Waals surface area (Å²) in [5, 5.41) is 3.42. The number of nitrogens with zero attached hydrogens (tertiary/aromatic N) is 2. The summed E-state index contributed by atoms with van der Waals surface area (Å²) in [5.41, 5.74) is 1.28. The number of piperidine rings is 1. The van der Waals surface area contributed by atoms with E-state index in [-0.39, 0.29) is 11.2 Å². The molecule has 4 rings (SSSR count). The molecule has 1 spiro atoms. The monoisotopic (exact) mass is 384 g/mol. The van der Waals surface area contributed by atoms with Crippen molar-refractivity contribution in [1.82, 2.24) is 19.8 Å². The largest absolute Gasteiger partial charge is 0.372 e. The lowest BCUT2D eigenvalue weighted by Gasteiger charge is -2.45. The van der Waals surface area contributed by atoms with Gasteiger partial charge in [-0.2, -0.15) is 0 Å². The molecular formula is C21H28N4O3. The number of nitrogens with one attached hydrogen (secondary N) is 2. The molecule has 28 heavy (non-hydrogen) atoms. The molecule has 1 aromatic heterocycles. The van der Waals surface area contributed by atoms with Crippen LogP contribution in [-0.2, 0) is 11.2 Å². The van der Waals surface area contributed by atoms with Gasteiger partial charge in [0.2, 0.25) is 0 Å². The van der Waals surface area contributed by atoms with Gasteiger partial charge in [-0.15, -0.1) is 0 Å². The average Bonchev–Trinajstić information content (AvgIpc) is 2.70. The van der Waals surface area contributed by atoms with Crippen LogP contribution in [0.15, 0.2) is 46.1 Å². The summed E-state index contributed by atoms with van der Waals surface area (Å²) in [6, 6.07) is 9.31. The average molecular weight is 384 g/mol. The van der Waals surface area contributed by atoms with Crippen LogP contribution >= 0.6 is 0 Å². The lowest BCUT2D eigenvalue weighted by Crippen LogP contribution is -2.56. The molecule has 0 radical (unpaired) electrons. The molecule has 2 aromatic rings. The Morgan fingerprint density at radius 3 is 2.61 bits per heavy atom. The zero-order valence-electron chi connectivity index (χ0n) is 16.2. The Labute approximate surface area is 164 Å². The van der Waals surface area contributed by atoms with Crippen molar-refractivity contribution >= 4 is 0 Å². The van der Waals surface area contributed by atoms with Gasteiger partial charge in [-0.1, -0.05) is 12.1 Å². The molecule has 7 heteroatoms. The van der Waals surface area contributed by atoms with E-state index in [2.05, 4.69) is 27.3 Å². The molecule has 2 N–H and O–H groups in total. The van der Waals surface area contributed by atoms with E-state index in [9.17, 15) is 9.59 Å². The van der Waals surface area contributed by atoms with Crippen LogP contribution in [0, 0.1) is 0 Å². The first-order valence-corrected chi connectivity index (χ1v) is 10.1. The van der Waals surface area contributed by atoms with Gasteiger partial charge in [-0.3, -0.25) is 19.2 Å². The highest BCUT2D eigenvalue weighted by molar-refractivity contribution is 5.34. The Morgan fingerprint density at radius 2 is 1.86 bits per heavy atom. The van der Waals surface area contributed by atoms with Crippen LogP contribution in [0.1, 0.15) is 24.8 Å². The minimum atomic E-state index is -0.417. The maximum absolute atomic E-state index is 11.9. The van der Waals surface area contributed by atoms with Crippen LogP contribution in [0.4, 0.5) is 0 Å². The quantitative estimate of drug-likeness (QED) is 0.801.